The third-order valence-corrected chi connectivity index (χ3v) is 12.8. The van der Waals surface area contributed by atoms with E-state index in [1.807, 2.05) is 21.1 Å². The van der Waals surface area contributed by atoms with Crippen molar-refractivity contribution < 1.29 is 32.9 Å². The number of carbonyl (C=O) groups excluding carboxylic acids is 1. The topological polar surface area (TPSA) is 108 Å². The molecule has 2 N–H and O–H groups in total. The van der Waals surface area contributed by atoms with E-state index in [0.29, 0.717) is 30.3 Å². The molecule has 3 atom stereocenters. The van der Waals surface area contributed by atoms with E-state index >= 15 is 0 Å². The zero-order valence-electron chi connectivity index (χ0n) is 44.5. The first-order valence-electron chi connectivity index (χ1n) is 27.6. The number of likely N-dealkylation sites (N-methyl/N-ethyl adjacent to an activating group) is 1. The molecule has 0 saturated carbocycles. The summed E-state index contributed by atoms with van der Waals surface area (Å²) >= 11 is 0. The molecule has 0 aliphatic carbocycles. The van der Waals surface area contributed by atoms with Crippen LogP contribution >= 0.6 is 7.82 Å². The van der Waals surface area contributed by atoms with Gasteiger partial charge in [0.2, 0.25) is 5.91 Å². The standard InChI is InChI=1S/C59H105N2O6P/c1-6-8-10-12-14-16-18-20-22-24-26-27-28-29-30-31-32-33-35-37-39-41-43-45-47-49-51-53-59(63)60-57(56-67-68(64,65)66-55-54-61(3,4)5)58(62)52-50-48-46-44-42-40-38-36-34-25-23-21-19-17-15-13-11-9-7-2/h8,10,14,16,20,22,26-27,29-30,32-33,37,39,43,45,57-58,62H,6-7,9,11-13,15,17-19,21,23-25,28,31,34-36,38,40-42,44,46-56H2,1-5H3,(H-,60,63,64,65)/b10-8-,16-14-,22-20-,27-26-,30-29-,33-32-,39-37-,45-43-. The molecule has 0 saturated heterocycles. The average Bonchev–Trinajstić information content (AvgIpc) is 3.30. The van der Waals surface area contributed by atoms with Gasteiger partial charge < -0.3 is 28.8 Å². The Labute approximate surface area is 419 Å². The molecule has 0 rings (SSSR count). The number of nitrogens with zero attached hydrogens (tertiary/aromatic N) is 1. The quantitative estimate of drug-likeness (QED) is 0.0272. The Morgan fingerprint density at radius 1 is 0.529 bits per heavy atom. The SMILES string of the molecule is CC/C=C\C/C=C\C/C=C\C/C=C\C/C=C\C/C=C\C/C=C\C/C=C\CCCCC(=O)NC(COP(=O)([O-])OCC[N+](C)(C)C)C(O)CCCCCCCCCCCCCCCCCCCCC. The van der Waals surface area contributed by atoms with Gasteiger partial charge in [0.25, 0.3) is 7.82 Å². The van der Waals surface area contributed by atoms with E-state index in [1.54, 1.807) is 0 Å². The number of aliphatic hydroxyl groups is 1. The van der Waals surface area contributed by atoms with Gasteiger partial charge in [-0.15, -0.1) is 0 Å². The van der Waals surface area contributed by atoms with Gasteiger partial charge >= 0.3 is 0 Å². The van der Waals surface area contributed by atoms with Crippen LogP contribution in [0.1, 0.15) is 219 Å². The number of phosphoric acid groups is 1. The smallest absolute Gasteiger partial charge is 0.268 e. The summed E-state index contributed by atoms with van der Waals surface area (Å²) in [5, 5.41) is 14.0. The van der Waals surface area contributed by atoms with Crippen LogP contribution in [0.5, 0.6) is 0 Å². The first kappa shape index (κ1) is 65.4. The van der Waals surface area contributed by atoms with Crippen molar-refractivity contribution >= 4 is 13.7 Å². The highest BCUT2D eigenvalue weighted by Crippen LogP contribution is 2.38. The lowest BCUT2D eigenvalue weighted by Crippen LogP contribution is -2.46. The number of amides is 1. The van der Waals surface area contributed by atoms with E-state index in [9.17, 15) is 19.4 Å². The van der Waals surface area contributed by atoms with Gasteiger partial charge in [0, 0.05) is 6.42 Å². The molecule has 0 spiro atoms. The van der Waals surface area contributed by atoms with Crippen molar-refractivity contribution in [3.8, 4) is 0 Å². The molecule has 0 aliphatic rings. The van der Waals surface area contributed by atoms with Crippen LogP contribution in [-0.4, -0.2) is 68.5 Å². The number of nitrogens with one attached hydrogen (secondary N) is 1. The Bertz CT molecular complexity index is 1420. The van der Waals surface area contributed by atoms with Crippen LogP contribution in [-0.2, 0) is 18.4 Å². The maximum Gasteiger partial charge on any atom is 0.268 e. The van der Waals surface area contributed by atoms with E-state index in [1.165, 1.54) is 103 Å². The van der Waals surface area contributed by atoms with Gasteiger partial charge in [0.1, 0.15) is 13.2 Å². The number of hydrogen-bond donors (Lipinski definition) is 2. The Morgan fingerprint density at radius 2 is 0.897 bits per heavy atom. The highest BCUT2D eigenvalue weighted by molar-refractivity contribution is 7.45. The summed E-state index contributed by atoms with van der Waals surface area (Å²) in [7, 11) is 1.26. The molecule has 68 heavy (non-hydrogen) atoms. The number of aliphatic hydroxyl groups excluding tert-OH is 1. The highest BCUT2D eigenvalue weighted by atomic mass is 31.2. The molecule has 9 heteroatoms. The molecule has 1 amide bonds. The zero-order valence-corrected chi connectivity index (χ0v) is 45.4. The highest BCUT2D eigenvalue weighted by Gasteiger charge is 2.24. The molecule has 3 unspecified atom stereocenters. The fraction of sp³-hybridized carbons (Fsp3) is 0.712. The summed E-state index contributed by atoms with van der Waals surface area (Å²) in [5.41, 5.74) is 0. The Hall–Kier alpha value is -2.58. The minimum absolute atomic E-state index is 0.00171. The van der Waals surface area contributed by atoms with Gasteiger partial charge in [0.05, 0.1) is 39.9 Å². The third kappa shape index (κ3) is 51.3. The van der Waals surface area contributed by atoms with Crippen LogP contribution in [0.3, 0.4) is 0 Å². The third-order valence-electron chi connectivity index (χ3n) is 11.8. The molecule has 0 aromatic carbocycles. The van der Waals surface area contributed by atoms with E-state index in [-0.39, 0.29) is 19.1 Å². The van der Waals surface area contributed by atoms with Crippen LogP contribution in [0.2, 0.25) is 0 Å². The van der Waals surface area contributed by atoms with Gasteiger partial charge in [0.15, 0.2) is 0 Å². The lowest BCUT2D eigenvalue weighted by atomic mass is 10.0. The van der Waals surface area contributed by atoms with Crippen molar-refractivity contribution in [2.45, 2.75) is 231 Å². The molecular formula is C59H105N2O6P. The minimum Gasteiger partial charge on any atom is -0.756 e. The molecule has 0 heterocycles. The molecular weight excluding hydrogens is 864 g/mol. The van der Waals surface area contributed by atoms with Crippen molar-refractivity contribution in [3.05, 3.63) is 97.2 Å². The fourth-order valence-corrected chi connectivity index (χ4v) is 8.25. The second kappa shape index (κ2) is 49.4. The minimum atomic E-state index is -4.59. The first-order valence-corrected chi connectivity index (χ1v) is 29.0. The van der Waals surface area contributed by atoms with Crippen LogP contribution in [0.4, 0.5) is 0 Å². The molecule has 0 aliphatic heterocycles. The van der Waals surface area contributed by atoms with Crippen molar-refractivity contribution in [2.75, 3.05) is 40.9 Å². The summed E-state index contributed by atoms with van der Waals surface area (Å²) < 4.78 is 23.4. The number of carbonyl (C=O) groups is 1. The first-order chi connectivity index (χ1) is 33.0. The number of allylic oxidation sites excluding steroid dienone is 16. The van der Waals surface area contributed by atoms with Gasteiger partial charge in [-0.1, -0.05) is 233 Å². The van der Waals surface area contributed by atoms with Crippen LogP contribution < -0.4 is 10.2 Å². The maximum atomic E-state index is 13.0. The van der Waals surface area contributed by atoms with Gasteiger partial charge in [-0.05, 0) is 77.0 Å². The summed E-state index contributed by atoms with van der Waals surface area (Å²) in [4.78, 5) is 25.5. The van der Waals surface area contributed by atoms with Crippen molar-refractivity contribution in [2.24, 2.45) is 0 Å². The molecule has 392 valence electrons. The number of unbranched alkanes of at least 4 members (excludes halogenated alkanes) is 20. The summed E-state index contributed by atoms with van der Waals surface area (Å²) in [6, 6.07) is -0.832. The van der Waals surface area contributed by atoms with Gasteiger partial charge in [-0.3, -0.25) is 9.36 Å². The van der Waals surface area contributed by atoms with Crippen molar-refractivity contribution in [1.29, 1.82) is 0 Å². The molecule has 0 aromatic heterocycles. The van der Waals surface area contributed by atoms with E-state index < -0.39 is 20.0 Å². The van der Waals surface area contributed by atoms with Gasteiger partial charge in [-0.2, -0.15) is 0 Å². The summed E-state index contributed by atoms with van der Waals surface area (Å²) in [6.45, 7) is 4.57. The van der Waals surface area contributed by atoms with E-state index in [0.717, 1.165) is 83.5 Å². The van der Waals surface area contributed by atoms with Crippen LogP contribution in [0, 0.1) is 0 Å². The number of quaternary nitrogens is 1. The number of phosphoric ester groups is 1. The number of hydrogen-bond acceptors (Lipinski definition) is 6. The molecule has 0 radical (unpaired) electrons. The van der Waals surface area contributed by atoms with Crippen molar-refractivity contribution in [1.82, 2.24) is 5.32 Å². The lowest BCUT2D eigenvalue weighted by Gasteiger charge is -2.30. The van der Waals surface area contributed by atoms with Crippen molar-refractivity contribution in [3.63, 3.8) is 0 Å². The second-order valence-corrected chi connectivity index (χ2v) is 21.0. The van der Waals surface area contributed by atoms with E-state index in [2.05, 4.69) is 116 Å². The fourth-order valence-electron chi connectivity index (χ4n) is 7.53. The second-order valence-electron chi connectivity index (χ2n) is 19.6. The number of rotatable bonds is 49. The largest absolute Gasteiger partial charge is 0.756 e. The van der Waals surface area contributed by atoms with Crippen LogP contribution in [0.15, 0.2) is 97.2 Å². The van der Waals surface area contributed by atoms with E-state index in [4.69, 9.17) is 9.05 Å². The molecule has 8 nitrogen and oxygen atoms in total. The Balaban J connectivity index is 4.34. The predicted molar refractivity (Wildman–Crippen MR) is 293 cm³/mol. The Kier molecular flexibility index (Phi) is 47.5. The predicted octanol–water partition coefficient (Wildman–Crippen LogP) is 16.0. The zero-order chi connectivity index (χ0) is 49.9. The monoisotopic (exact) mass is 969 g/mol. The maximum absolute atomic E-state index is 13.0. The normalized spacial score (nSPS) is 14.8. The van der Waals surface area contributed by atoms with Gasteiger partial charge in [-0.25, -0.2) is 0 Å². The molecule has 0 bridgehead atoms. The molecule has 0 fully saturated rings. The summed E-state index contributed by atoms with van der Waals surface area (Å²) in [5.74, 6) is -0.209. The average molecular weight is 969 g/mol. The van der Waals surface area contributed by atoms with Crippen LogP contribution in [0.25, 0.3) is 0 Å². The Morgan fingerprint density at radius 3 is 1.28 bits per heavy atom. The molecule has 0 aromatic rings. The summed E-state index contributed by atoms with van der Waals surface area (Å²) in [6.07, 6.45) is 70.0. The lowest BCUT2D eigenvalue weighted by molar-refractivity contribution is -0.870.